The van der Waals surface area contributed by atoms with Crippen LogP contribution in [0.5, 0.6) is 0 Å². The zero-order valence-corrected chi connectivity index (χ0v) is 14.4. The number of rotatable bonds is 3. The van der Waals surface area contributed by atoms with Crippen LogP contribution in [0.25, 0.3) is 22.6 Å². The highest BCUT2D eigenvalue weighted by atomic mass is 32.1. The summed E-state index contributed by atoms with van der Waals surface area (Å²) in [6.45, 7) is 0. The minimum atomic E-state index is -4.34. The molecule has 0 radical (unpaired) electrons. The molecule has 0 saturated heterocycles. The molecule has 132 valence electrons. The quantitative estimate of drug-likeness (QED) is 0.518. The fourth-order valence-electron chi connectivity index (χ4n) is 2.67. The van der Waals surface area contributed by atoms with E-state index in [-0.39, 0.29) is 0 Å². The molecule has 0 aliphatic rings. The minimum absolute atomic E-state index is 0.545. The molecule has 1 N–H and O–H groups in total. The van der Waals surface area contributed by atoms with E-state index in [0.717, 1.165) is 29.0 Å². The molecular formula is C18H13F3N4S. The van der Waals surface area contributed by atoms with Gasteiger partial charge in [-0.3, -0.25) is 0 Å². The van der Waals surface area contributed by atoms with Crippen LogP contribution in [-0.2, 0) is 13.2 Å². The van der Waals surface area contributed by atoms with Crippen LogP contribution in [0.2, 0.25) is 0 Å². The Bertz CT molecular complexity index is 1060. The molecule has 2 aromatic heterocycles. The second-order valence-corrected chi connectivity index (χ2v) is 6.58. The fourth-order valence-corrected chi connectivity index (χ4v) is 3.38. The molecule has 0 aliphatic heterocycles. The topological polar surface area (TPSA) is 42.7 Å². The summed E-state index contributed by atoms with van der Waals surface area (Å²) in [6.07, 6.45) is -4.34. The maximum atomic E-state index is 12.6. The number of halogens is 3. The van der Waals surface area contributed by atoms with E-state index in [2.05, 4.69) is 15.3 Å². The Hall–Kier alpha value is -2.87. The van der Waals surface area contributed by atoms with Crippen molar-refractivity contribution in [3.63, 3.8) is 0 Å². The lowest BCUT2D eigenvalue weighted by molar-refractivity contribution is -0.137. The van der Waals surface area contributed by atoms with Gasteiger partial charge in [0.2, 0.25) is 0 Å². The van der Waals surface area contributed by atoms with Gasteiger partial charge in [-0.1, -0.05) is 12.1 Å². The Kier molecular flexibility index (Phi) is 3.91. The number of fused-ring (bicyclic) bond motifs is 1. The third-order valence-electron chi connectivity index (χ3n) is 3.98. The lowest BCUT2D eigenvalue weighted by Gasteiger charge is -2.07. The summed E-state index contributed by atoms with van der Waals surface area (Å²) >= 11 is 1.37. The van der Waals surface area contributed by atoms with Gasteiger partial charge in [0.25, 0.3) is 0 Å². The highest BCUT2D eigenvalue weighted by molar-refractivity contribution is 7.14. The minimum Gasteiger partial charge on any atom is -0.332 e. The van der Waals surface area contributed by atoms with Crippen molar-refractivity contribution >= 4 is 33.2 Å². The summed E-state index contributed by atoms with van der Waals surface area (Å²) in [5.41, 5.74) is 2.47. The van der Waals surface area contributed by atoms with E-state index in [1.165, 1.54) is 23.5 Å². The van der Waals surface area contributed by atoms with E-state index < -0.39 is 11.7 Å². The molecule has 4 nitrogen and oxygen atoms in total. The number of hydrogen-bond donors (Lipinski definition) is 1. The molecule has 0 fully saturated rings. The maximum Gasteiger partial charge on any atom is 0.416 e. The number of hydrogen-bond acceptors (Lipinski definition) is 4. The SMILES string of the molecule is Cn1c(-c2csc(Nc3ccc(C(F)(F)F)cc3)n2)nc2ccccc21. The molecule has 0 spiro atoms. The number of anilines is 2. The molecule has 4 rings (SSSR count). The average Bonchev–Trinajstić information content (AvgIpc) is 3.20. The first kappa shape index (κ1) is 16.6. The lowest BCUT2D eigenvalue weighted by Crippen LogP contribution is -2.04. The van der Waals surface area contributed by atoms with Crippen LogP contribution in [-0.4, -0.2) is 14.5 Å². The van der Waals surface area contributed by atoms with Gasteiger partial charge in [0.15, 0.2) is 11.0 Å². The molecule has 0 atom stereocenters. The zero-order chi connectivity index (χ0) is 18.3. The Morgan fingerprint density at radius 3 is 2.42 bits per heavy atom. The third-order valence-corrected chi connectivity index (χ3v) is 4.74. The number of alkyl halides is 3. The number of imidazole rings is 1. The Morgan fingerprint density at radius 1 is 1.00 bits per heavy atom. The Balaban J connectivity index is 1.59. The number of aryl methyl sites for hydroxylation is 1. The van der Waals surface area contributed by atoms with Gasteiger partial charge in [-0.25, -0.2) is 9.97 Å². The molecule has 8 heteroatoms. The fraction of sp³-hybridized carbons (Fsp3) is 0.111. The van der Waals surface area contributed by atoms with Crippen molar-refractivity contribution in [2.45, 2.75) is 6.18 Å². The van der Waals surface area contributed by atoms with Crippen molar-refractivity contribution < 1.29 is 13.2 Å². The van der Waals surface area contributed by atoms with Crippen molar-refractivity contribution in [3.8, 4) is 11.5 Å². The molecule has 0 aliphatic carbocycles. The molecule has 0 bridgehead atoms. The molecule has 0 amide bonds. The monoisotopic (exact) mass is 374 g/mol. The van der Waals surface area contributed by atoms with Crippen molar-refractivity contribution in [2.24, 2.45) is 7.05 Å². The van der Waals surface area contributed by atoms with Crippen LogP contribution < -0.4 is 5.32 Å². The van der Waals surface area contributed by atoms with Gasteiger partial charge in [0.1, 0.15) is 5.69 Å². The van der Waals surface area contributed by atoms with E-state index in [0.29, 0.717) is 16.5 Å². The van der Waals surface area contributed by atoms with Gasteiger partial charge >= 0.3 is 6.18 Å². The highest BCUT2D eigenvalue weighted by Crippen LogP contribution is 2.32. The van der Waals surface area contributed by atoms with E-state index in [4.69, 9.17) is 0 Å². The van der Waals surface area contributed by atoms with Crippen LogP contribution in [0, 0.1) is 0 Å². The Labute approximate surface area is 151 Å². The van der Waals surface area contributed by atoms with Crippen molar-refractivity contribution in [1.82, 2.24) is 14.5 Å². The van der Waals surface area contributed by atoms with Crippen LogP contribution in [0.4, 0.5) is 24.0 Å². The number of para-hydroxylation sites is 2. The molecular weight excluding hydrogens is 361 g/mol. The van der Waals surface area contributed by atoms with Crippen molar-refractivity contribution in [2.75, 3.05) is 5.32 Å². The number of nitrogens with zero attached hydrogens (tertiary/aromatic N) is 3. The third kappa shape index (κ3) is 3.03. The molecule has 4 aromatic rings. The number of thiazole rings is 1. The van der Waals surface area contributed by atoms with Gasteiger partial charge in [-0.15, -0.1) is 11.3 Å². The van der Waals surface area contributed by atoms with E-state index in [9.17, 15) is 13.2 Å². The largest absolute Gasteiger partial charge is 0.416 e. The second-order valence-electron chi connectivity index (χ2n) is 5.72. The van der Waals surface area contributed by atoms with Gasteiger partial charge in [-0.05, 0) is 36.4 Å². The average molecular weight is 374 g/mol. The van der Waals surface area contributed by atoms with Crippen LogP contribution in [0.15, 0.2) is 53.9 Å². The predicted octanol–water partition coefficient (Wildman–Crippen LogP) is 5.46. The second kappa shape index (κ2) is 6.14. The maximum absolute atomic E-state index is 12.6. The normalized spacial score (nSPS) is 11.8. The standard InChI is InChI=1S/C18H13F3N4S/c1-25-15-5-3-2-4-13(15)23-16(25)14-10-26-17(24-14)22-12-8-6-11(7-9-12)18(19,20)21/h2-10H,1H3,(H,22,24). The first-order valence-electron chi connectivity index (χ1n) is 7.73. The summed E-state index contributed by atoms with van der Waals surface area (Å²) in [6, 6.07) is 12.7. The first-order valence-corrected chi connectivity index (χ1v) is 8.61. The smallest absolute Gasteiger partial charge is 0.332 e. The van der Waals surface area contributed by atoms with Crippen molar-refractivity contribution in [3.05, 3.63) is 59.5 Å². The van der Waals surface area contributed by atoms with Gasteiger partial charge in [0, 0.05) is 18.1 Å². The molecule has 2 aromatic carbocycles. The van der Waals surface area contributed by atoms with Crippen molar-refractivity contribution in [1.29, 1.82) is 0 Å². The number of aromatic nitrogens is 3. The van der Waals surface area contributed by atoms with E-state index in [1.807, 2.05) is 41.3 Å². The summed E-state index contributed by atoms with van der Waals surface area (Å²) in [4.78, 5) is 9.10. The van der Waals surface area contributed by atoms with Crippen LogP contribution in [0.3, 0.4) is 0 Å². The van der Waals surface area contributed by atoms with E-state index >= 15 is 0 Å². The summed E-state index contributed by atoms with van der Waals surface area (Å²) in [7, 11) is 1.92. The highest BCUT2D eigenvalue weighted by Gasteiger charge is 2.29. The Morgan fingerprint density at radius 2 is 1.73 bits per heavy atom. The van der Waals surface area contributed by atoms with Gasteiger partial charge in [-0.2, -0.15) is 13.2 Å². The zero-order valence-electron chi connectivity index (χ0n) is 13.6. The number of nitrogens with one attached hydrogen (secondary N) is 1. The van der Waals surface area contributed by atoms with Gasteiger partial charge in [0.05, 0.1) is 16.6 Å². The number of benzene rings is 2. The first-order chi connectivity index (χ1) is 12.4. The van der Waals surface area contributed by atoms with Crippen LogP contribution in [0.1, 0.15) is 5.56 Å². The van der Waals surface area contributed by atoms with Crippen LogP contribution >= 0.6 is 11.3 Å². The lowest BCUT2D eigenvalue weighted by atomic mass is 10.2. The molecule has 0 unspecified atom stereocenters. The summed E-state index contributed by atoms with van der Waals surface area (Å²) < 4.78 is 39.8. The summed E-state index contributed by atoms with van der Waals surface area (Å²) in [5.74, 6) is 0.739. The summed E-state index contributed by atoms with van der Waals surface area (Å²) in [5, 5.41) is 5.49. The molecule has 26 heavy (non-hydrogen) atoms. The van der Waals surface area contributed by atoms with Gasteiger partial charge < -0.3 is 9.88 Å². The molecule has 2 heterocycles. The predicted molar refractivity (Wildman–Crippen MR) is 96.5 cm³/mol. The molecule has 0 saturated carbocycles. The van der Waals surface area contributed by atoms with E-state index in [1.54, 1.807) is 0 Å².